The number of halogens is 4. The van der Waals surface area contributed by atoms with E-state index in [2.05, 4.69) is 15.3 Å². The van der Waals surface area contributed by atoms with Crippen LogP contribution in [0.15, 0.2) is 42.6 Å². The molecule has 0 fully saturated rings. The second kappa shape index (κ2) is 5.94. The molecule has 5 nitrogen and oxygen atoms in total. The summed E-state index contributed by atoms with van der Waals surface area (Å²) in [7, 11) is 0. The minimum absolute atomic E-state index is 0.0378. The Hall–Kier alpha value is -2.92. The van der Waals surface area contributed by atoms with E-state index in [1.807, 2.05) is 6.07 Å². The number of nitriles is 1. The largest absolute Gasteiger partial charge is 0.416 e. The first-order valence-corrected chi connectivity index (χ1v) is 6.94. The SMILES string of the molecule is N#Cc1c(-c2cccnc2Cl)nnn1-c1cccc(C(F)(F)F)c1. The van der Waals surface area contributed by atoms with Gasteiger partial charge in [0.2, 0.25) is 0 Å². The molecule has 0 saturated carbocycles. The highest BCUT2D eigenvalue weighted by atomic mass is 35.5. The number of alkyl halides is 3. The molecule has 0 spiro atoms. The number of rotatable bonds is 2. The van der Waals surface area contributed by atoms with Gasteiger partial charge in [0.1, 0.15) is 16.9 Å². The number of aromatic nitrogens is 4. The summed E-state index contributed by atoms with van der Waals surface area (Å²) in [6.07, 6.45) is -3.03. The minimum atomic E-state index is -4.50. The van der Waals surface area contributed by atoms with E-state index in [9.17, 15) is 18.4 Å². The Morgan fingerprint density at radius 3 is 2.62 bits per heavy atom. The molecule has 0 aliphatic rings. The van der Waals surface area contributed by atoms with Crippen molar-refractivity contribution >= 4 is 11.6 Å². The van der Waals surface area contributed by atoms with Gasteiger partial charge in [-0.1, -0.05) is 22.9 Å². The van der Waals surface area contributed by atoms with E-state index in [-0.39, 0.29) is 22.2 Å². The van der Waals surface area contributed by atoms with Crippen LogP contribution in [0, 0.1) is 11.3 Å². The number of hydrogen-bond donors (Lipinski definition) is 0. The van der Waals surface area contributed by atoms with E-state index in [0.29, 0.717) is 5.56 Å². The summed E-state index contributed by atoms with van der Waals surface area (Å²) in [5.41, 5.74) is -0.299. The number of pyridine rings is 1. The predicted molar refractivity (Wildman–Crippen MR) is 79.3 cm³/mol. The van der Waals surface area contributed by atoms with Crippen molar-refractivity contribution < 1.29 is 13.2 Å². The van der Waals surface area contributed by atoms with Gasteiger partial charge in [-0.15, -0.1) is 5.10 Å². The van der Waals surface area contributed by atoms with Crippen molar-refractivity contribution in [3.63, 3.8) is 0 Å². The van der Waals surface area contributed by atoms with Crippen LogP contribution in [0.2, 0.25) is 5.15 Å². The molecule has 3 rings (SSSR count). The van der Waals surface area contributed by atoms with Gasteiger partial charge >= 0.3 is 6.18 Å². The summed E-state index contributed by atoms with van der Waals surface area (Å²) in [5, 5.41) is 17.2. The summed E-state index contributed by atoms with van der Waals surface area (Å²) in [5.74, 6) is 0. The van der Waals surface area contributed by atoms with Gasteiger partial charge in [-0.3, -0.25) is 0 Å². The van der Waals surface area contributed by atoms with Crippen molar-refractivity contribution in [2.24, 2.45) is 0 Å². The lowest BCUT2D eigenvalue weighted by Gasteiger charge is -2.08. The molecule has 0 saturated heterocycles. The number of benzene rings is 1. The minimum Gasteiger partial charge on any atom is -0.244 e. The first-order valence-electron chi connectivity index (χ1n) is 6.56. The van der Waals surface area contributed by atoms with Gasteiger partial charge in [-0.25, -0.2) is 9.67 Å². The summed E-state index contributed by atoms with van der Waals surface area (Å²) in [6, 6.07) is 9.56. The molecule has 2 heterocycles. The van der Waals surface area contributed by atoms with Crippen LogP contribution >= 0.6 is 11.6 Å². The summed E-state index contributed by atoms with van der Waals surface area (Å²) < 4.78 is 39.6. The first-order chi connectivity index (χ1) is 11.4. The van der Waals surface area contributed by atoms with Crippen molar-refractivity contribution in [2.75, 3.05) is 0 Å². The molecule has 0 bridgehead atoms. The third-order valence-electron chi connectivity index (χ3n) is 3.21. The zero-order valence-corrected chi connectivity index (χ0v) is 12.5. The summed E-state index contributed by atoms with van der Waals surface area (Å²) in [4.78, 5) is 3.89. The van der Waals surface area contributed by atoms with Crippen molar-refractivity contribution in [3.8, 4) is 23.0 Å². The second-order valence-corrected chi connectivity index (χ2v) is 5.06. The molecule has 120 valence electrons. The van der Waals surface area contributed by atoms with Gasteiger partial charge < -0.3 is 0 Å². The average Bonchev–Trinajstić information content (AvgIpc) is 2.98. The molecule has 0 amide bonds. The van der Waals surface area contributed by atoms with E-state index >= 15 is 0 Å². The van der Waals surface area contributed by atoms with Gasteiger partial charge in [0.25, 0.3) is 0 Å². The monoisotopic (exact) mass is 349 g/mol. The highest BCUT2D eigenvalue weighted by Crippen LogP contribution is 2.32. The Labute approximate surface area is 138 Å². The van der Waals surface area contributed by atoms with Crippen molar-refractivity contribution in [1.82, 2.24) is 20.0 Å². The van der Waals surface area contributed by atoms with Gasteiger partial charge in [0, 0.05) is 11.8 Å². The normalized spacial score (nSPS) is 11.3. The molecular weight excluding hydrogens is 343 g/mol. The van der Waals surface area contributed by atoms with Crippen LogP contribution in [0.4, 0.5) is 13.2 Å². The Morgan fingerprint density at radius 1 is 1.17 bits per heavy atom. The Bertz CT molecular complexity index is 943. The molecule has 3 aromatic rings. The fraction of sp³-hybridized carbons (Fsp3) is 0.0667. The van der Waals surface area contributed by atoms with Crippen molar-refractivity contribution in [1.29, 1.82) is 5.26 Å². The maximum Gasteiger partial charge on any atom is 0.416 e. The van der Waals surface area contributed by atoms with Crippen LogP contribution < -0.4 is 0 Å². The lowest BCUT2D eigenvalue weighted by Crippen LogP contribution is -2.07. The quantitative estimate of drug-likeness (QED) is 0.659. The lowest BCUT2D eigenvalue weighted by molar-refractivity contribution is -0.137. The molecule has 0 radical (unpaired) electrons. The van der Waals surface area contributed by atoms with Crippen LogP contribution in [-0.4, -0.2) is 20.0 Å². The van der Waals surface area contributed by atoms with Crippen LogP contribution in [0.1, 0.15) is 11.3 Å². The zero-order chi connectivity index (χ0) is 17.3. The van der Waals surface area contributed by atoms with Gasteiger partial charge in [-0.2, -0.15) is 18.4 Å². The maximum atomic E-state index is 12.9. The lowest BCUT2D eigenvalue weighted by atomic mass is 10.1. The van der Waals surface area contributed by atoms with Crippen molar-refractivity contribution in [3.05, 3.63) is 59.0 Å². The predicted octanol–water partition coefficient (Wildman–Crippen LogP) is 3.87. The summed E-state index contributed by atoms with van der Waals surface area (Å²) >= 11 is 5.98. The molecule has 0 aliphatic carbocycles. The molecule has 0 aliphatic heterocycles. The Morgan fingerprint density at radius 2 is 1.96 bits per heavy atom. The molecule has 2 aromatic heterocycles. The zero-order valence-electron chi connectivity index (χ0n) is 11.8. The third-order valence-corrected chi connectivity index (χ3v) is 3.51. The molecule has 0 N–H and O–H groups in total. The van der Waals surface area contributed by atoms with E-state index in [1.165, 1.54) is 18.3 Å². The van der Waals surface area contributed by atoms with Crippen molar-refractivity contribution in [2.45, 2.75) is 6.18 Å². The van der Waals surface area contributed by atoms with Crippen LogP contribution in [0.3, 0.4) is 0 Å². The molecule has 0 atom stereocenters. The van der Waals surface area contributed by atoms with E-state index in [0.717, 1.165) is 16.8 Å². The maximum absolute atomic E-state index is 12.9. The third kappa shape index (κ3) is 2.81. The fourth-order valence-corrected chi connectivity index (χ4v) is 2.33. The molecule has 1 aromatic carbocycles. The highest BCUT2D eigenvalue weighted by Gasteiger charge is 2.31. The Balaban J connectivity index is 2.15. The number of nitrogens with zero attached hydrogens (tertiary/aromatic N) is 5. The molecule has 0 unspecified atom stereocenters. The van der Waals surface area contributed by atoms with Crippen LogP contribution in [0.25, 0.3) is 16.9 Å². The van der Waals surface area contributed by atoms with Gasteiger partial charge in [0.05, 0.1) is 11.3 Å². The second-order valence-electron chi connectivity index (χ2n) is 4.70. The fourth-order valence-electron chi connectivity index (χ4n) is 2.12. The summed E-state index contributed by atoms with van der Waals surface area (Å²) in [6.45, 7) is 0. The molecule has 9 heteroatoms. The highest BCUT2D eigenvalue weighted by molar-refractivity contribution is 6.32. The van der Waals surface area contributed by atoms with Crippen LogP contribution in [-0.2, 0) is 6.18 Å². The smallest absolute Gasteiger partial charge is 0.244 e. The van der Waals surface area contributed by atoms with E-state index < -0.39 is 11.7 Å². The molecule has 24 heavy (non-hydrogen) atoms. The van der Waals surface area contributed by atoms with E-state index in [1.54, 1.807) is 12.1 Å². The topological polar surface area (TPSA) is 67.4 Å². The standard InChI is InChI=1S/C15H7ClF3N5/c16-14-11(5-2-6-21-14)13-12(8-20)24(23-22-13)10-4-1-3-9(7-10)15(17,18)19/h1-7H. The van der Waals surface area contributed by atoms with Crippen LogP contribution in [0.5, 0.6) is 0 Å². The average molecular weight is 350 g/mol. The number of hydrogen-bond acceptors (Lipinski definition) is 4. The van der Waals surface area contributed by atoms with E-state index in [4.69, 9.17) is 11.6 Å². The first kappa shape index (κ1) is 16.0. The molecular formula is C15H7ClF3N5. The van der Waals surface area contributed by atoms with Gasteiger partial charge in [0.15, 0.2) is 5.69 Å². The Kier molecular flexibility index (Phi) is 3.95. The van der Waals surface area contributed by atoms with Gasteiger partial charge in [-0.05, 0) is 30.3 Å².